The molecule has 7 amide bonds. The van der Waals surface area contributed by atoms with Crippen molar-refractivity contribution in [2.75, 3.05) is 18.8 Å². The molecule has 0 radical (unpaired) electrons. The number of carboxylic acids is 1. The van der Waals surface area contributed by atoms with E-state index in [0.29, 0.717) is 15.6 Å². The normalized spacial score (nSPS) is 21.8. The van der Waals surface area contributed by atoms with Crippen molar-refractivity contribution in [3.05, 3.63) is 39.3 Å². The molecule has 2 aromatic rings. The van der Waals surface area contributed by atoms with Gasteiger partial charge in [-0.1, -0.05) is 5.16 Å². The quantitative estimate of drug-likeness (QED) is 0.0697. The van der Waals surface area contributed by atoms with Crippen molar-refractivity contribution in [1.82, 2.24) is 39.4 Å². The molecule has 0 saturated carbocycles. The van der Waals surface area contributed by atoms with Crippen LogP contribution in [0.2, 0.25) is 0 Å². The van der Waals surface area contributed by atoms with Crippen LogP contribution in [0, 0.1) is 0 Å². The molecule has 290 valence electrons. The SMILES string of the molecule is C[C@H]1[C@H](NC(=O)/C(=N\OC(C)(C)C(=O)O)c2csc(N)n2)C(=O)N1C(=O)NS(=O)(=O)N1C[C@@H](NC(=O)[C@@H]2CCCN2C(=O)c2cc(=O)c(O)c[nH]2)CC1=O. The highest BCUT2D eigenvalue weighted by molar-refractivity contribution is 7.88. The number of nitrogens with one attached hydrogen (secondary N) is 4. The number of nitrogens with two attached hydrogens (primary N) is 1. The number of β-lactam (4-membered cyclic amide) rings is 1. The summed E-state index contributed by atoms with van der Waals surface area (Å²) in [6, 6.07) is -5.15. The zero-order valence-electron chi connectivity index (χ0n) is 28.6. The molecule has 3 aliphatic rings. The Balaban J connectivity index is 1.18. The standard InChI is InChI=1S/C29H34N10O13S2/c1-12-20(34-23(44)21(15-11-53-27(30)33-15)35-52-29(2,3)26(47)48)25(46)39(12)28(49)36-54(50,51)38-10-13(7-19(38)42)32-22(43)16-5-4-6-37(16)24(45)14-8-17(40)18(41)9-31-14/h8-9,11-13,16,20,41H,4-7,10H2,1-3H3,(H2,30,33)(H,31,40)(H,32,43)(H,34,44)(H,36,49)(H,47,48)/b35-21-/t12-,13-,16-,20-/m0/s1. The van der Waals surface area contributed by atoms with E-state index < -0.39 is 111 Å². The summed E-state index contributed by atoms with van der Waals surface area (Å²) in [5.41, 5.74) is 2.14. The first-order valence-electron chi connectivity index (χ1n) is 16.0. The fourth-order valence-corrected chi connectivity index (χ4v) is 7.34. The van der Waals surface area contributed by atoms with Crippen LogP contribution in [0.4, 0.5) is 9.93 Å². The average Bonchev–Trinajstić information content (AvgIpc) is 3.84. The van der Waals surface area contributed by atoms with Crippen LogP contribution in [0.15, 0.2) is 27.6 Å². The van der Waals surface area contributed by atoms with Gasteiger partial charge in [0.05, 0.1) is 18.6 Å². The van der Waals surface area contributed by atoms with E-state index in [9.17, 15) is 57.0 Å². The number of hydrogen-bond acceptors (Lipinski definition) is 16. The maximum Gasteiger partial charge on any atom is 0.350 e. The predicted octanol–water partition coefficient (Wildman–Crippen LogP) is -2.61. The van der Waals surface area contributed by atoms with Crippen molar-refractivity contribution < 1.29 is 57.0 Å². The number of hydrogen-bond donors (Lipinski definition) is 7. The molecule has 0 unspecified atom stereocenters. The number of rotatable bonds is 11. The Kier molecular flexibility index (Phi) is 10.7. The minimum Gasteiger partial charge on any atom is -0.503 e. The molecule has 54 heavy (non-hydrogen) atoms. The minimum atomic E-state index is -4.92. The van der Waals surface area contributed by atoms with Gasteiger partial charge < -0.3 is 41.3 Å². The smallest absolute Gasteiger partial charge is 0.350 e. The summed E-state index contributed by atoms with van der Waals surface area (Å²) >= 11 is 0.929. The molecule has 3 saturated heterocycles. The number of likely N-dealkylation sites (tertiary alicyclic amines) is 2. The summed E-state index contributed by atoms with van der Waals surface area (Å²) < 4.78 is 28.2. The van der Waals surface area contributed by atoms with E-state index in [4.69, 9.17) is 10.6 Å². The van der Waals surface area contributed by atoms with Crippen LogP contribution in [-0.4, -0.2) is 133 Å². The number of aromatic nitrogens is 2. The molecule has 5 rings (SSSR count). The van der Waals surface area contributed by atoms with Gasteiger partial charge in [0, 0.05) is 30.6 Å². The van der Waals surface area contributed by atoms with E-state index in [1.807, 2.05) is 0 Å². The molecule has 4 atom stereocenters. The second-order valence-corrected chi connectivity index (χ2v) is 15.3. The fraction of sp³-hybridized carbons (Fsp3) is 0.448. The molecular formula is C29H34N10O13S2. The van der Waals surface area contributed by atoms with E-state index in [2.05, 4.69) is 25.8 Å². The number of nitrogen functional groups attached to an aromatic ring is 1. The number of amides is 7. The molecule has 3 fully saturated rings. The maximum atomic E-state index is 13.2. The number of aromatic amines is 1. The lowest BCUT2D eigenvalue weighted by atomic mass is 9.97. The first kappa shape index (κ1) is 39.1. The highest BCUT2D eigenvalue weighted by atomic mass is 32.2. The van der Waals surface area contributed by atoms with Gasteiger partial charge in [-0.25, -0.2) is 23.6 Å². The van der Waals surface area contributed by atoms with Gasteiger partial charge in [0.15, 0.2) is 16.6 Å². The number of pyridine rings is 1. The minimum absolute atomic E-state index is 0.0313. The number of oxime groups is 1. The molecule has 25 heteroatoms. The van der Waals surface area contributed by atoms with Crippen LogP contribution in [0.1, 0.15) is 56.2 Å². The molecule has 5 heterocycles. The molecule has 0 bridgehead atoms. The predicted molar refractivity (Wildman–Crippen MR) is 183 cm³/mol. The Bertz CT molecular complexity index is 2130. The van der Waals surface area contributed by atoms with Gasteiger partial charge in [0.2, 0.25) is 22.8 Å². The topological polar surface area (TPSA) is 333 Å². The highest BCUT2D eigenvalue weighted by Gasteiger charge is 2.51. The monoisotopic (exact) mass is 794 g/mol. The lowest BCUT2D eigenvalue weighted by molar-refractivity contribution is -0.161. The lowest BCUT2D eigenvalue weighted by Crippen LogP contribution is -2.73. The number of carboxylic acid groups (broad SMARTS) is 1. The molecule has 2 aromatic heterocycles. The number of carbonyl (C=O) groups excluding carboxylic acids is 6. The lowest BCUT2D eigenvalue weighted by Gasteiger charge is -2.43. The largest absolute Gasteiger partial charge is 0.503 e. The van der Waals surface area contributed by atoms with Crippen molar-refractivity contribution in [3.8, 4) is 5.75 Å². The molecule has 0 aliphatic carbocycles. The Morgan fingerprint density at radius 2 is 1.87 bits per heavy atom. The Hall–Kier alpha value is -6.11. The van der Waals surface area contributed by atoms with Crippen LogP contribution in [-0.2, 0) is 39.0 Å². The van der Waals surface area contributed by atoms with E-state index >= 15 is 0 Å². The number of anilines is 1. The second kappa shape index (κ2) is 14.7. The summed E-state index contributed by atoms with van der Waals surface area (Å²) in [6.45, 7) is 3.20. The zero-order chi connectivity index (χ0) is 39.9. The number of imide groups is 1. The molecule has 3 aliphatic heterocycles. The average molecular weight is 795 g/mol. The number of H-pyrrole nitrogens is 1. The summed E-state index contributed by atoms with van der Waals surface area (Å²) in [5, 5.41) is 28.6. The van der Waals surface area contributed by atoms with Gasteiger partial charge in [-0.3, -0.25) is 33.7 Å². The van der Waals surface area contributed by atoms with Crippen molar-refractivity contribution in [1.29, 1.82) is 0 Å². The second-order valence-electron chi connectivity index (χ2n) is 12.8. The number of thiazole rings is 1. The number of aliphatic carboxylic acids is 1. The summed E-state index contributed by atoms with van der Waals surface area (Å²) in [7, 11) is -4.92. The zero-order valence-corrected chi connectivity index (χ0v) is 30.2. The van der Waals surface area contributed by atoms with Gasteiger partial charge in [-0.05, 0) is 33.6 Å². The number of nitrogens with zero attached hydrogens (tertiary/aromatic N) is 5. The summed E-state index contributed by atoms with van der Waals surface area (Å²) in [5.74, 6) is -6.49. The Labute approximate surface area is 308 Å². The van der Waals surface area contributed by atoms with Crippen molar-refractivity contribution in [2.45, 2.75) is 69.8 Å². The van der Waals surface area contributed by atoms with Crippen molar-refractivity contribution in [3.63, 3.8) is 0 Å². The third-order valence-electron chi connectivity index (χ3n) is 8.64. The first-order valence-corrected chi connectivity index (χ1v) is 18.3. The van der Waals surface area contributed by atoms with E-state index in [0.717, 1.165) is 37.4 Å². The van der Waals surface area contributed by atoms with Crippen LogP contribution < -0.4 is 26.5 Å². The van der Waals surface area contributed by atoms with Gasteiger partial charge in [-0.15, -0.1) is 11.3 Å². The molecule has 0 spiro atoms. The summed E-state index contributed by atoms with van der Waals surface area (Å²) in [4.78, 5) is 114. The van der Waals surface area contributed by atoms with Crippen LogP contribution in [0.5, 0.6) is 5.75 Å². The van der Waals surface area contributed by atoms with Crippen molar-refractivity contribution >= 4 is 73.9 Å². The van der Waals surface area contributed by atoms with Crippen LogP contribution in [0.25, 0.3) is 0 Å². The number of carbonyl (C=O) groups is 7. The van der Waals surface area contributed by atoms with Gasteiger partial charge in [-0.2, -0.15) is 8.42 Å². The highest BCUT2D eigenvalue weighted by Crippen LogP contribution is 2.24. The van der Waals surface area contributed by atoms with Crippen LogP contribution >= 0.6 is 11.3 Å². The van der Waals surface area contributed by atoms with Gasteiger partial charge in [0.1, 0.15) is 23.5 Å². The third-order valence-corrected chi connectivity index (χ3v) is 10.7. The Morgan fingerprint density at radius 1 is 1.17 bits per heavy atom. The maximum absolute atomic E-state index is 13.2. The summed E-state index contributed by atoms with van der Waals surface area (Å²) in [6.07, 6.45) is 1.11. The molecule has 8 N–H and O–H groups in total. The van der Waals surface area contributed by atoms with Crippen LogP contribution in [0.3, 0.4) is 0 Å². The Morgan fingerprint density at radius 3 is 2.48 bits per heavy atom. The van der Waals surface area contributed by atoms with Crippen molar-refractivity contribution in [2.24, 2.45) is 5.16 Å². The third kappa shape index (κ3) is 7.80. The first-order chi connectivity index (χ1) is 25.2. The molecule has 0 aromatic carbocycles. The molecular weight excluding hydrogens is 761 g/mol. The molecule has 23 nitrogen and oxygen atoms in total. The fourth-order valence-electron chi connectivity index (χ4n) is 5.64. The van der Waals surface area contributed by atoms with Gasteiger partial charge >= 0.3 is 22.2 Å². The van der Waals surface area contributed by atoms with E-state index in [1.54, 1.807) is 4.72 Å². The van der Waals surface area contributed by atoms with E-state index in [-0.39, 0.29) is 29.5 Å². The number of urea groups is 1. The van der Waals surface area contributed by atoms with Gasteiger partial charge in [0.25, 0.3) is 17.7 Å². The van der Waals surface area contributed by atoms with E-state index in [1.165, 1.54) is 17.2 Å². The number of aromatic hydroxyl groups is 1.